The van der Waals surface area contributed by atoms with Crippen LogP contribution in [-0.4, -0.2) is 60.6 Å². The molecule has 0 unspecified atom stereocenters. The number of aryl methyl sites for hydroxylation is 1. The predicted octanol–water partition coefficient (Wildman–Crippen LogP) is 0.908. The van der Waals surface area contributed by atoms with E-state index >= 15 is 0 Å². The molecule has 20 heavy (non-hydrogen) atoms. The summed E-state index contributed by atoms with van der Waals surface area (Å²) in [7, 11) is -2.77. The molecule has 2 aliphatic rings. The standard InChI is InChI=1S/C14H22N3O2S/c1-12-2-5-15-14(16-12)13-3-6-17(7-4-13)8-10-20(18,19)11-9-17/h2,5,13H,3-4,6-11H2,1H3/q+1. The Bertz CT molecular complexity index is 576. The Kier molecular flexibility index (Phi) is 3.54. The van der Waals surface area contributed by atoms with Gasteiger partial charge in [-0.15, -0.1) is 0 Å². The second kappa shape index (κ2) is 5.07. The number of quaternary nitrogens is 1. The highest BCUT2D eigenvalue weighted by Gasteiger charge is 2.40. The third-order valence-corrected chi connectivity index (χ3v) is 6.44. The van der Waals surface area contributed by atoms with Gasteiger partial charge in [0.1, 0.15) is 5.82 Å². The number of nitrogens with zero attached hydrogens (tertiary/aromatic N) is 3. The summed E-state index contributed by atoms with van der Waals surface area (Å²) in [4.78, 5) is 8.95. The number of hydrogen-bond acceptors (Lipinski definition) is 4. The molecule has 1 spiro atoms. The molecule has 110 valence electrons. The van der Waals surface area contributed by atoms with Crippen molar-refractivity contribution in [3.8, 4) is 0 Å². The van der Waals surface area contributed by atoms with Gasteiger partial charge in [-0.3, -0.25) is 0 Å². The van der Waals surface area contributed by atoms with Crippen LogP contribution in [0.15, 0.2) is 12.3 Å². The largest absolute Gasteiger partial charge is 0.322 e. The molecule has 6 heteroatoms. The van der Waals surface area contributed by atoms with Crippen LogP contribution >= 0.6 is 0 Å². The maximum atomic E-state index is 11.6. The van der Waals surface area contributed by atoms with Crippen molar-refractivity contribution < 1.29 is 12.9 Å². The van der Waals surface area contributed by atoms with Crippen LogP contribution in [0.2, 0.25) is 0 Å². The van der Waals surface area contributed by atoms with Crippen molar-refractivity contribution in [3.05, 3.63) is 23.8 Å². The van der Waals surface area contributed by atoms with Crippen LogP contribution in [0.4, 0.5) is 0 Å². The zero-order valence-electron chi connectivity index (χ0n) is 12.0. The average Bonchev–Trinajstić information content (AvgIpc) is 2.44. The first kappa shape index (κ1) is 13.9. The second-order valence-corrected chi connectivity index (χ2v) is 8.52. The molecule has 3 heterocycles. The summed E-state index contributed by atoms with van der Waals surface area (Å²) in [5, 5.41) is 0. The minimum atomic E-state index is -2.77. The molecule has 0 N–H and O–H groups in total. The quantitative estimate of drug-likeness (QED) is 0.723. The highest BCUT2D eigenvalue weighted by molar-refractivity contribution is 7.91. The van der Waals surface area contributed by atoms with Crippen LogP contribution in [0.5, 0.6) is 0 Å². The minimum Gasteiger partial charge on any atom is -0.322 e. The first-order valence-electron chi connectivity index (χ1n) is 7.33. The molecule has 0 radical (unpaired) electrons. The number of sulfone groups is 1. The third-order valence-electron chi connectivity index (χ3n) is 4.84. The summed E-state index contributed by atoms with van der Waals surface area (Å²) in [5.41, 5.74) is 1.02. The molecule has 0 amide bonds. The van der Waals surface area contributed by atoms with Gasteiger partial charge in [-0.2, -0.15) is 0 Å². The fourth-order valence-corrected chi connectivity index (χ4v) is 4.90. The molecule has 3 rings (SSSR count). The smallest absolute Gasteiger partial charge is 0.161 e. The Morgan fingerprint density at radius 2 is 1.80 bits per heavy atom. The van der Waals surface area contributed by atoms with Crippen molar-refractivity contribution in [1.29, 1.82) is 0 Å². The second-order valence-electron chi connectivity index (χ2n) is 6.22. The average molecular weight is 296 g/mol. The van der Waals surface area contributed by atoms with E-state index in [1.807, 2.05) is 19.2 Å². The molecule has 1 aromatic heterocycles. The van der Waals surface area contributed by atoms with Gasteiger partial charge >= 0.3 is 0 Å². The van der Waals surface area contributed by atoms with Crippen molar-refractivity contribution in [2.75, 3.05) is 37.7 Å². The lowest BCUT2D eigenvalue weighted by Gasteiger charge is -2.45. The van der Waals surface area contributed by atoms with E-state index in [9.17, 15) is 8.42 Å². The van der Waals surface area contributed by atoms with E-state index in [2.05, 4.69) is 9.97 Å². The summed E-state index contributed by atoms with van der Waals surface area (Å²) in [6, 6.07) is 1.93. The van der Waals surface area contributed by atoms with Crippen molar-refractivity contribution in [2.45, 2.75) is 25.7 Å². The summed E-state index contributed by atoms with van der Waals surface area (Å²) >= 11 is 0. The van der Waals surface area contributed by atoms with Crippen LogP contribution in [0.25, 0.3) is 0 Å². The monoisotopic (exact) mass is 296 g/mol. The summed E-state index contributed by atoms with van der Waals surface area (Å²) in [6.07, 6.45) is 3.98. The van der Waals surface area contributed by atoms with Gasteiger partial charge in [0.25, 0.3) is 0 Å². The van der Waals surface area contributed by atoms with Gasteiger partial charge in [0.2, 0.25) is 0 Å². The number of rotatable bonds is 1. The number of aromatic nitrogens is 2. The molecule has 0 saturated carbocycles. The molecule has 2 aliphatic heterocycles. The van der Waals surface area contributed by atoms with E-state index in [1.165, 1.54) is 0 Å². The Balaban J connectivity index is 1.65. The number of piperidine rings is 1. The molecule has 0 aromatic carbocycles. The van der Waals surface area contributed by atoms with Gasteiger partial charge in [-0.05, 0) is 13.0 Å². The summed E-state index contributed by atoms with van der Waals surface area (Å²) < 4.78 is 24.1. The van der Waals surface area contributed by atoms with Gasteiger partial charge in [0, 0.05) is 30.7 Å². The Hall–Kier alpha value is -1.01. The fourth-order valence-electron chi connectivity index (χ4n) is 3.37. The Labute approximate surface area is 120 Å². The lowest BCUT2D eigenvalue weighted by atomic mass is 9.93. The highest BCUT2D eigenvalue weighted by Crippen LogP contribution is 2.31. The molecule has 0 aliphatic carbocycles. The molecular weight excluding hydrogens is 274 g/mol. The van der Waals surface area contributed by atoms with Crippen molar-refractivity contribution in [2.24, 2.45) is 0 Å². The molecule has 2 fully saturated rings. The van der Waals surface area contributed by atoms with Crippen molar-refractivity contribution in [1.82, 2.24) is 9.97 Å². The zero-order valence-corrected chi connectivity index (χ0v) is 12.8. The fraction of sp³-hybridized carbons (Fsp3) is 0.714. The molecule has 1 aromatic rings. The number of hydrogen-bond donors (Lipinski definition) is 0. The van der Waals surface area contributed by atoms with Crippen LogP contribution < -0.4 is 0 Å². The van der Waals surface area contributed by atoms with Gasteiger partial charge in [-0.25, -0.2) is 18.4 Å². The van der Waals surface area contributed by atoms with Crippen LogP contribution in [0.1, 0.15) is 30.3 Å². The first-order valence-corrected chi connectivity index (χ1v) is 9.15. The van der Waals surface area contributed by atoms with Crippen LogP contribution in [0, 0.1) is 6.92 Å². The predicted molar refractivity (Wildman–Crippen MR) is 77.1 cm³/mol. The van der Waals surface area contributed by atoms with Crippen molar-refractivity contribution in [3.63, 3.8) is 0 Å². The summed E-state index contributed by atoms with van der Waals surface area (Å²) in [5.74, 6) is 2.13. The van der Waals surface area contributed by atoms with E-state index in [-0.39, 0.29) is 0 Å². The van der Waals surface area contributed by atoms with Gasteiger partial charge < -0.3 is 4.48 Å². The first-order chi connectivity index (χ1) is 9.48. The highest BCUT2D eigenvalue weighted by atomic mass is 32.2. The maximum absolute atomic E-state index is 11.6. The molecule has 0 bridgehead atoms. The summed E-state index contributed by atoms with van der Waals surface area (Å²) in [6.45, 7) is 5.72. The van der Waals surface area contributed by atoms with E-state index in [4.69, 9.17) is 0 Å². The molecule has 2 saturated heterocycles. The van der Waals surface area contributed by atoms with Gasteiger partial charge in [0.05, 0.1) is 37.7 Å². The van der Waals surface area contributed by atoms with Gasteiger partial charge in [0.15, 0.2) is 9.84 Å². The maximum Gasteiger partial charge on any atom is 0.161 e. The lowest BCUT2D eigenvalue weighted by molar-refractivity contribution is -0.929. The van der Waals surface area contributed by atoms with Crippen LogP contribution in [0.3, 0.4) is 0 Å². The normalized spacial score (nSPS) is 25.6. The van der Waals surface area contributed by atoms with E-state index in [0.717, 1.165) is 55.0 Å². The van der Waals surface area contributed by atoms with E-state index in [0.29, 0.717) is 17.4 Å². The SMILES string of the molecule is Cc1ccnc(C2CC[N+]3(CC2)CCS(=O)(=O)CC3)n1. The minimum absolute atomic E-state index is 0.360. The Morgan fingerprint density at radius 1 is 1.15 bits per heavy atom. The van der Waals surface area contributed by atoms with E-state index < -0.39 is 9.84 Å². The molecule has 0 atom stereocenters. The lowest BCUT2D eigenvalue weighted by Crippen LogP contribution is -2.59. The molecular formula is C14H22N3O2S+. The Morgan fingerprint density at radius 3 is 2.40 bits per heavy atom. The molecule has 5 nitrogen and oxygen atoms in total. The zero-order chi connectivity index (χ0) is 14.2. The third kappa shape index (κ3) is 2.86. The van der Waals surface area contributed by atoms with Crippen molar-refractivity contribution >= 4 is 9.84 Å². The topological polar surface area (TPSA) is 59.9 Å². The van der Waals surface area contributed by atoms with Gasteiger partial charge in [-0.1, -0.05) is 0 Å². The van der Waals surface area contributed by atoms with E-state index in [1.54, 1.807) is 0 Å². The van der Waals surface area contributed by atoms with Crippen LogP contribution in [-0.2, 0) is 9.84 Å².